The molecule has 0 fully saturated rings. The van der Waals surface area contributed by atoms with E-state index in [0.717, 1.165) is 30.9 Å². The zero-order valence-electron chi connectivity index (χ0n) is 12.2. The van der Waals surface area contributed by atoms with E-state index >= 15 is 0 Å². The van der Waals surface area contributed by atoms with Gasteiger partial charge in [0.2, 0.25) is 0 Å². The molecular formula is C16H22N2O2. The second-order valence-electron chi connectivity index (χ2n) is 5.30. The van der Waals surface area contributed by atoms with Crippen molar-refractivity contribution in [2.45, 2.75) is 32.2 Å². The number of hydrogen-bond donors (Lipinski definition) is 1. The molecule has 108 valence electrons. The molecule has 0 saturated heterocycles. The van der Waals surface area contributed by atoms with Crippen LogP contribution in [0.15, 0.2) is 12.1 Å². The van der Waals surface area contributed by atoms with Crippen LogP contribution in [0.2, 0.25) is 0 Å². The molecule has 0 saturated carbocycles. The summed E-state index contributed by atoms with van der Waals surface area (Å²) in [6.45, 7) is 1.50. The quantitative estimate of drug-likeness (QED) is 0.932. The van der Waals surface area contributed by atoms with Crippen LogP contribution in [0.3, 0.4) is 0 Å². The topological polar surface area (TPSA) is 49.4 Å². The van der Waals surface area contributed by atoms with Crippen molar-refractivity contribution in [2.24, 2.45) is 5.73 Å². The van der Waals surface area contributed by atoms with Crippen molar-refractivity contribution in [3.8, 4) is 11.5 Å². The molecule has 2 aromatic rings. The van der Waals surface area contributed by atoms with Crippen LogP contribution in [0.4, 0.5) is 0 Å². The Morgan fingerprint density at radius 1 is 1.15 bits per heavy atom. The van der Waals surface area contributed by atoms with Crippen LogP contribution in [0, 0.1) is 0 Å². The SMILES string of the molecule is COc1cc(OC)c2c3c(n(CCN)c2c1)CCCC3. The molecule has 4 heteroatoms. The van der Waals surface area contributed by atoms with Gasteiger partial charge in [0.15, 0.2) is 0 Å². The third kappa shape index (κ3) is 1.95. The van der Waals surface area contributed by atoms with Gasteiger partial charge in [0.1, 0.15) is 11.5 Å². The highest BCUT2D eigenvalue weighted by Gasteiger charge is 2.23. The molecule has 1 aliphatic carbocycles. The lowest BCUT2D eigenvalue weighted by molar-refractivity contribution is 0.397. The van der Waals surface area contributed by atoms with E-state index in [0.29, 0.717) is 6.54 Å². The zero-order valence-corrected chi connectivity index (χ0v) is 12.2. The highest BCUT2D eigenvalue weighted by molar-refractivity contribution is 5.93. The Bertz CT molecular complexity index is 631. The molecule has 1 aliphatic rings. The number of hydrogen-bond acceptors (Lipinski definition) is 3. The summed E-state index contributed by atoms with van der Waals surface area (Å²) in [5.74, 6) is 1.75. The van der Waals surface area contributed by atoms with Crippen molar-refractivity contribution < 1.29 is 9.47 Å². The predicted octanol–water partition coefficient (Wildman–Crippen LogP) is 2.50. The summed E-state index contributed by atoms with van der Waals surface area (Å²) >= 11 is 0. The summed E-state index contributed by atoms with van der Waals surface area (Å²) < 4.78 is 13.4. The van der Waals surface area contributed by atoms with E-state index in [-0.39, 0.29) is 0 Å². The second-order valence-corrected chi connectivity index (χ2v) is 5.30. The summed E-state index contributed by atoms with van der Waals surface area (Å²) in [6.07, 6.45) is 4.78. The van der Waals surface area contributed by atoms with E-state index in [2.05, 4.69) is 10.6 Å². The van der Waals surface area contributed by atoms with Crippen molar-refractivity contribution in [1.82, 2.24) is 4.57 Å². The Balaban J connectivity index is 2.33. The van der Waals surface area contributed by atoms with Crippen LogP contribution in [0.5, 0.6) is 11.5 Å². The summed E-state index contributed by atoms with van der Waals surface area (Å²) in [7, 11) is 3.42. The Kier molecular flexibility index (Phi) is 3.57. The first-order chi connectivity index (χ1) is 9.80. The van der Waals surface area contributed by atoms with Gasteiger partial charge in [-0.05, 0) is 31.2 Å². The van der Waals surface area contributed by atoms with E-state index in [1.54, 1.807) is 14.2 Å². The normalized spacial score (nSPS) is 14.3. The van der Waals surface area contributed by atoms with E-state index in [1.807, 2.05) is 6.07 Å². The number of methoxy groups -OCH3 is 2. The molecular weight excluding hydrogens is 252 g/mol. The van der Waals surface area contributed by atoms with E-state index in [1.165, 1.54) is 35.0 Å². The van der Waals surface area contributed by atoms with Crippen LogP contribution in [0.1, 0.15) is 24.1 Å². The Hall–Kier alpha value is -1.68. The Morgan fingerprint density at radius 2 is 1.95 bits per heavy atom. The predicted molar refractivity (Wildman–Crippen MR) is 80.7 cm³/mol. The smallest absolute Gasteiger partial charge is 0.132 e. The Morgan fingerprint density at radius 3 is 2.65 bits per heavy atom. The van der Waals surface area contributed by atoms with Gasteiger partial charge in [-0.25, -0.2) is 0 Å². The zero-order chi connectivity index (χ0) is 14.1. The van der Waals surface area contributed by atoms with Gasteiger partial charge in [0.05, 0.1) is 19.7 Å². The maximum absolute atomic E-state index is 5.80. The fourth-order valence-electron chi connectivity index (χ4n) is 3.36. The molecule has 1 aromatic heterocycles. The van der Waals surface area contributed by atoms with Gasteiger partial charge in [-0.3, -0.25) is 0 Å². The van der Waals surface area contributed by atoms with Crippen molar-refractivity contribution in [3.63, 3.8) is 0 Å². The third-order valence-corrected chi connectivity index (χ3v) is 4.22. The molecule has 0 radical (unpaired) electrons. The van der Waals surface area contributed by atoms with Gasteiger partial charge in [-0.15, -0.1) is 0 Å². The van der Waals surface area contributed by atoms with E-state index < -0.39 is 0 Å². The second kappa shape index (κ2) is 5.37. The molecule has 4 nitrogen and oxygen atoms in total. The molecule has 1 aromatic carbocycles. The largest absolute Gasteiger partial charge is 0.497 e. The van der Waals surface area contributed by atoms with Crippen molar-refractivity contribution in [2.75, 3.05) is 20.8 Å². The van der Waals surface area contributed by atoms with Gasteiger partial charge in [0.25, 0.3) is 0 Å². The lowest BCUT2D eigenvalue weighted by atomic mass is 9.95. The number of fused-ring (bicyclic) bond motifs is 3. The van der Waals surface area contributed by atoms with Crippen LogP contribution >= 0.6 is 0 Å². The van der Waals surface area contributed by atoms with Gasteiger partial charge in [0, 0.05) is 36.3 Å². The summed E-state index contributed by atoms with van der Waals surface area (Å²) in [5.41, 5.74) is 9.87. The monoisotopic (exact) mass is 274 g/mol. The van der Waals surface area contributed by atoms with E-state index in [9.17, 15) is 0 Å². The number of aromatic nitrogens is 1. The average Bonchev–Trinajstić information content (AvgIpc) is 2.81. The van der Waals surface area contributed by atoms with E-state index in [4.69, 9.17) is 15.2 Å². The van der Waals surface area contributed by atoms with Crippen LogP contribution in [-0.2, 0) is 19.4 Å². The lowest BCUT2D eigenvalue weighted by Gasteiger charge is -2.15. The van der Waals surface area contributed by atoms with Gasteiger partial charge in [-0.1, -0.05) is 0 Å². The van der Waals surface area contributed by atoms with Crippen LogP contribution in [-0.4, -0.2) is 25.3 Å². The first-order valence-corrected chi connectivity index (χ1v) is 7.26. The molecule has 2 N–H and O–H groups in total. The van der Waals surface area contributed by atoms with Gasteiger partial charge < -0.3 is 19.8 Å². The van der Waals surface area contributed by atoms with Crippen molar-refractivity contribution >= 4 is 10.9 Å². The number of benzene rings is 1. The molecule has 1 heterocycles. The number of nitrogens with zero attached hydrogens (tertiary/aromatic N) is 1. The third-order valence-electron chi connectivity index (χ3n) is 4.22. The molecule has 3 rings (SSSR count). The maximum Gasteiger partial charge on any atom is 0.132 e. The van der Waals surface area contributed by atoms with Gasteiger partial charge >= 0.3 is 0 Å². The number of aryl methyl sites for hydroxylation is 1. The number of nitrogens with two attached hydrogens (primary N) is 1. The fraction of sp³-hybridized carbons (Fsp3) is 0.500. The molecule has 0 atom stereocenters. The average molecular weight is 274 g/mol. The minimum atomic E-state index is 0.649. The minimum absolute atomic E-state index is 0.649. The molecule has 0 bridgehead atoms. The number of ether oxygens (including phenoxy) is 2. The molecule has 20 heavy (non-hydrogen) atoms. The Labute approximate surface area is 119 Å². The van der Waals surface area contributed by atoms with Crippen LogP contribution in [0.25, 0.3) is 10.9 Å². The van der Waals surface area contributed by atoms with Crippen molar-refractivity contribution in [3.05, 3.63) is 23.4 Å². The van der Waals surface area contributed by atoms with Crippen molar-refractivity contribution in [1.29, 1.82) is 0 Å². The minimum Gasteiger partial charge on any atom is -0.497 e. The number of rotatable bonds is 4. The molecule has 0 spiro atoms. The molecule has 0 amide bonds. The highest BCUT2D eigenvalue weighted by atomic mass is 16.5. The fourth-order valence-corrected chi connectivity index (χ4v) is 3.36. The lowest BCUT2D eigenvalue weighted by Crippen LogP contribution is -2.14. The maximum atomic E-state index is 5.80. The molecule has 0 unspecified atom stereocenters. The molecule has 0 aliphatic heterocycles. The van der Waals surface area contributed by atoms with Gasteiger partial charge in [-0.2, -0.15) is 0 Å². The summed E-state index contributed by atoms with van der Waals surface area (Å²) in [5, 5.41) is 1.25. The highest BCUT2D eigenvalue weighted by Crippen LogP contribution is 2.40. The first-order valence-electron chi connectivity index (χ1n) is 7.26. The summed E-state index contributed by atoms with van der Waals surface area (Å²) in [6, 6.07) is 4.08. The standard InChI is InChI=1S/C16H22N2O2/c1-19-11-9-14-16(15(10-11)20-2)12-5-3-4-6-13(12)18(14)8-7-17/h9-10H,3-8,17H2,1-2H3. The first kappa shape index (κ1) is 13.3. The summed E-state index contributed by atoms with van der Waals surface area (Å²) in [4.78, 5) is 0. The van der Waals surface area contributed by atoms with Crippen LogP contribution < -0.4 is 15.2 Å².